The van der Waals surface area contributed by atoms with Gasteiger partial charge in [0.05, 0.1) is 18.2 Å². The first-order valence-corrected chi connectivity index (χ1v) is 11.6. The lowest BCUT2D eigenvalue weighted by Crippen LogP contribution is -2.57. The van der Waals surface area contributed by atoms with E-state index in [1.54, 1.807) is 30.0 Å². The van der Waals surface area contributed by atoms with Crippen LogP contribution >= 0.6 is 0 Å². The molecule has 3 amide bonds. The third-order valence-corrected chi connectivity index (χ3v) is 6.14. The number of esters is 1. The fourth-order valence-electron chi connectivity index (χ4n) is 4.57. The molecule has 186 valence electrons. The van der Waals surface area contributed by atoms with Crippen molar-refractivity contribution in [2.75, 3.05) is 53.0 Å². The molecule has 2 aliphatic rings. The average Bonchev–Trinajstić information content (AvgIpc) is 2.79. The molecule has 0 unspecified atom stereocenters. The highest BCUT2D eigenvalue weighted by Crippen LogP contribution is 2.33. The Morgan fingerprint density at radius 3 is 2.56 bits per heavy atom. The van der Waals surface area contributed by atoms with Crippen molar-refractivity contribution in [1.82, 2.24) is 20.0 Å². The van der Waals surface area contributed by atoms with Crippen LogP contribution in [-0.4, -0.2) is 91.7 Å². The molecule has 0 aromatic heterocycles. The van der Waals surface area contributed by atoms with Crippen molar-refractivity contribution in [3.8, 4) is 0 Å². The summed E-state index contributed by atoms with van der Waals surface area (Å²) in [6.07, 6.45) is 0. The SMILES string of the molecule is CCOC(=O)C1=C(CN2CCN(C(=O)COC)[C@H](C)C2)N(CC)C(=O)N[C@H]1c1ccccc1F. The number of hydrogen-bond acceptors (Lipinski definition) is 6. The summed E-state index contributed by atoms with van der Waals surface area (Å²) in [5.74, 6) is -1.18. The van der Waals surface area contributed by atoms with E-state index < -0.39 is 23.9 Å². The molecule has 1 saturated heterocycles. The maximum Gasteiger partial charge on any atom is 0.338 e. The minimum atomic E-state index is -0.965. The summed E-state index contributed by atoms with van der Waals surface area (Å²) in [7, 11) is 1.49. The zero-order chi connectivity index (χ0) is 24.8. The maximum absolute atomic E-state index is 14.7. The van der Waals surface area contributed by atoms with Crippen LogP contribution in [0.1, 0.15) is 32.4 Å². The van der Waals surface area contributed by atoms with Crippen molar-refractivity contribution in [3.05, 3.63) is 46.9 Å². The minimum absolute atomic E-state index is 0.0244. The lowest BCUT2D eigenvalue weighted by atomic mass is 9.93. The first-order chi connectivity index (χ1) is 16.3. The smallest absolute Gasteiger partial charge is 0.338 e. The van der Waals surface area contributed by atoms with Crippen molar-refractivity contribution in [2.24, 2.45) is 0 Å². The Morgan fingerprint density at radius 1 is 1.21 bits per heavy atom. The number of hydrogen-bond donors (Lipinski definition) is 1. The summed E-state index contributed by atoms with van der Waals surface area (Å²) in [5, 5.41) is 2.78. The second-order valence-electron chi connectivity index (χ2n) is 8.33. The maximum atomic E-state index is 14.7. The van der Waals surface area contributed by atoms with Gasteiger partial charge >= 0.3 is 12.0 Å². The summed E-state index contributed by atoms with van der Waals surface area (Å²) in [6.45, 7) is 7.87. The molecule has 1 aromatic carbocycles. The predicted molar refractivity (Wildman–Crippen MR) is 123 cm³/mol. The van der Waals surface area contributed by atoms with E-state index in [4.69, 9.17) is 9.47 Å². The van der Waals surface area contributed by atoms with Gasteiger partial charge in [-0.15, -0.1) is 0 Å². The Balaban J connectivity index is 1.98. The van der Waals surface area contributed by atoms with Crippen molar-refractivity contribution >= 4 is 17.9 Å². The van der Waals surface area contributed by atoms with Gasteiger partial charge in [0.1, 0.15) is 12.4 Å². The molecule has 0 bridgehead atoms. The van der Waals surface area contributed by atoms with E-state index in [1.807, 2.05) is 13.8 Å². The van der Waals surface area contributed by atoms with Gasteiger partial charge in [0.2, 0.25) is 5.91 Å². The van der Waals surface area contributed by atoms with Gasteiger partial charge in [-0.25, -0.2) is 14.0 Å². The third-order valence-electron chi connectivity index (χ3n) is 6.14. The molecule has 0 radical (unpaired) electrons. The quantitative estimate of drug-likeness (QED) is 0.577. The molecule has 2 atom stereocenters. The number of carbonyl (C=O) groups excluding carboxylic acids is 3. The molecule has 0 aliphatic carbocycles. The van der Waals surface area contributed by atoms with Crippen LogP contribution in [0.5, 0.6) is 0 Å². The lowest BCUT2D eigenvalue weighted by Gasteiger charge is -2.42. The van der Waals surface area contributed by atoms with Crippen molar-refractivity contribution in [2.45, 2.75) is 32.9 Å². The Hall–Kier alpha value is -2.98. The van der Waals surface area contributed by atoms with E-state index >= 15 is 0 Å². The second-order valence-corrected chi connectivity index (χ2v) is 8.33. The molecule has 10 heteroatoms. The molecular formula is C24H33FN4O5. The van der Waals surface area contributed by atoms with Gasteiger partial charge in [0.15, 0.2) is 0 Å². The van der Waals surface area contributed by atoms with Gasteiger partial charge in [-0.1, -0.05) is 18.2 Å². The summed E-state index contributed by atoms with van der Waals surface area (Å²) in [6, 6.07) is 4.64. The Labute approximate surface area is 199 Å². The number of urea groups is 1. The summed E-state index contributed by atoms with van der Waals surface area (Å²) in [4.78, 5) is 43.8. The first kappa shape index (κ1) is 25.6. The van der Waals surface area contributed by atoms with Gasteiger partial charge in [-0.2, -0.15) is 0 Å². The molecule has 0 spiro atoms. The number of piperazine rings is 1. The lowest BCUT2D eigenvalue weighted by molar-refractivity contribution is -0.139. The van der Waals surface area contributed by atoms with Gasteiger partial charge in [-0.3, -0.25) is 14.6 Å². The Bertz CT molecular complexity index is 953. The van der Waals surface area contributed by atoms with Crippen molar-refractivity contribution in [3.63, 3.8) is 0 Å². The number of methoxy groups -OCH3 is 1. The van der Waals surface area contributed by atoms with Crippen LogP contribution in [0.15, 0.2) is 35.5 Å². The second kappa shape index (κ2) is 11.4. The molecule has 3 rings (SSSR count). The van der Waals surface area contributed by atoms with E-state index in [9.17, 15) is 18.8 Å². The largest absolute Gasteiger partial charge is 0.463 e. The zero-order valence-electron chi connectivity index (χ0n) is 20.2. The molecule has 2 aliphatic heterocycles. The van der Waals surface area contributed by atoms with Gasteiger partial charge in [-0.05, 0) is 26.8 Å². The normalized spacial score (nSPS) is 21.5. The van der Waals surface area contributed by atoms with E-state index in [0.717, 1.165) is 0 Å². The van der Waals surface area contributed by atoms with Crippen molar-refractivity contribution < 1.29 is 28.2 Å². The number of ether oxygens (including phenoxy) is 2. The summed E-state index contributed by atoms with van der Waals surface area (Å²) >= 11 is 0. The standard InChI is InChI=1S/C24H33FN4O5/c1-5-28-19(14-27-11-12-29(16(3)13-27)20(30)15-33-4)21(23(31)34-6-2)22(26-24(28)32)17-9-7-8-10-18(17)25/h7-10,16,22H,5-6,11-15H2,1-4H3,(H,26,32)/t16-,22+/m1/s1. The average molecular weight is 477 g/mol. The van der Waals surface area contributed by atoms with E-state index in [2.05, 4.69) is 10.2 Å². The highest BCUT2D eigenvalue weighted by Gasteiger charge is 2.40. The predicted octanol–water partition coefficient (Wildman–Crippen LogP) is 1.91. The molecule has 1 aromatic rings. The number of rotatable bonds is 8. The van der Waals surface area contributed by atoms with E-state index in [-0.39, 0.29) is 42.8 Å². The first-order valence-electron chi connectivity index (χ1n) is 11.6. The molecule has 1 N–H and O–H groups in total. The highest BCUT2D eigenvalue weighted by molar-refractivity contribution is 5.95. The topological polar surface area (TPSA) is 91.4 Å². The Kier molecular flexibility index (Phi) is 8.62. The Morgan fingerprint density at radius 2 is 1.94 bits per heavy atom. The van der Waals surface area contributed by atoms with Gasteiger partial charge in [0.25, 0.3) is 0 Å². The zero-order valence-corrected chi connectivity index (χ0v) is 20.2. The van der Waals surface area contributed by atoms with Crippen LogP contribution in [0.4, 0.5) is 9.18 Å². The molecular weight excluding hydrogens is 443 g/mol. The van der Waals surface area contributed by atoms with Crippen LogP contribution < -0.4 is 5.32 Å². The molecule has 9 nitrogen and oxygen atoms in total. The number of nitrogens with zero attached hydrogens (tertiary/aromatic N) is 3. The highest BCUT2D eigenvalue weighted by atomic mass is 19.1. The number of nitrogens with one attached hydrogen (secondary N) is 1. The number of carbonyl (C=O) groups is 3. The fourth-order valence-corrected chi connectivity index (χ4v) is 4.57. The fraction of sp³-hybridized carbons (Fsp3) is 0.542. The minimum Gasteiger partial charge on any atom is -0.463 e. The molecule has 34 heavy (non-hydrogen) atoms. The van der Waals surface area contributed by atoms with Crippen LogP contribution in [0, 0.1) is 5.82 Å². The van der Waals surface area contributed by atoms with Crippen LogP contribution in [0.25, 0.3) is 0 Å². The number of likely N-dealkylation sites (N-methyl/N-ethyl adjacent to an activating group) is 1. The van der Waals surface area contributed by atoms with Crippen LogP contribution in [0.3, 0.4) is 0 Å². The van der Waals surface area contributed by atoms with Crippen molar-refractivity contribution in [1.29, 1.82) is 0 Å². The molecule has 2 heterocycles. The molecule has 0 saturated carbocycles. The van der Waals surface area contributed by atoms with E-state index in [0.29, 0.717) is 31.9 Å². The number of benzene rings is 1. The van der Waals surface area contributed by atoms with E-state index in [1.165, 1.54) is 18.1 Å². The summed E-state index contributed by atoms with van der Waals surface area (Å²) in [5.41, 5.74) is 0.913. The number of amides is 3. The molecule has 1 fully saturated rings. The van der Waals surface area contributed by atoms with Crippen LogP contribution in [-0.2, 0) is 19.1 Å². The third kappa shape index (κ3) is 5.39. The van der Waals surface area contributed by atoms with Crippen LogP contribution in [0.2, 0.25) is 0 Å². The monoisotopic (exact) mass is 476 g/mol. The summed E-state index contributed by atoms with van der Waals surface area (Å²) < 4.78 is 25.0. The number of halogens is 1. The van der Waals surface area contributed by atoms with Gasteiger partial charge < -0.3 is 19.7 Å². The van der Waals surface area contributed by atoms with Gasteiger partial charge in [0, 0.05) is 57.1 Å².